The van der Waals surface area contributed by atoms with Gasteiger partial charge in [0, 0.05) is 12.8 Å². The Labute approximate surface area is 319 Å². The molecule has 0 spiro atoms. The number of rotatable bonds is 10. The smallest absolute Gasteiger partial charge is 0.111 e. The maximum Gasteiger partial charge on any atom is 0.111 e. The standard InChI is InChI=1S/C46H66O7/c1-8-9-10-14-23-40-44(5,48)26-24-37-38(49-40)25-27-45(6)42(50-37)29-39-43(53-45)35(47)30-46(7)41(51-39)28-33(4)36(52-46)22-16-18-32(3)31(2)17-15-21-34-19-12-11-13-20-34/h8-13,15,17-21,33,35-43,47-48H,1,14,16,22-30H2,2-7H3/b10-9-,21-15-,31-17+,32-18+. The summed E-state index contributed by atoms with van der Waals surface area (Å²) in [5, 5.41) is 23.2. The van der Waals surface area contributed by atoms with Crippen molar-refractivity contribution in [2.75, 3.05) is 0 Å². The van der Waals surface area contributed by atoms with Crippen LogP contribution in [0.2, 0.25) is 0 Å². The minimum absolute atomic E-state index is 0.0811. The van der Waals surface area contributed by atoms with Crippen molar-refractivity contribution < 1.29 is 33.9 Å². The number of ether oxygens (including phenoxy) is 5. The summed E-state index contributed by atoms with van der Waals surface area (Å²) < 4.78 is 34.5. The molecule has 0 aliphatic carbocycles. The number of fused-ring (bicyclic) bond motifs is 4. The molecule has 0 radical (unpaired) electrons. The topological polar surface area (TPSA) is 86.6 Å². The molecule has 0 saturated carbocycles. The third-order valence-electron chi connectivity index (χ3n) is 13.0. The van der Waals surface area contributed by atoms with Gasteiger partial charge in [-0.3, -0.25) is 0 Å². The molecule has 0 amide bonds. The fourth-order valence-corrected chi connectivity index (χ4v) is 9.40. The lowest BCUT2D eigenvalue weighted by Crippen LogP contribution is -2.59. The second-order valence-electron chi connectivity index (χ2n) is 17.3. The van der Waals surface area contributed by atoms with E-state index in [-0.39, 0.29) is 42.7 Å². The third kappa shape index (κ3) is 9.55. The van der Waals surface area contributed by atoms with E-state index in [1.165, 1.54) is 16.7 Å². The van der Waals surface area contributed by atoms with Gasteiger partial charge in [0.25, 0.3) is 0 Å². The van der Waals surface area contributed by atoms with Crippen molar-refractivity contribution in [2.45, 2.75) is 184 Å². The Morgan fingerprint density at radius 3 is 2.34 bits per heavy atom. The lowest BCUT2D eigenvalue weighted by molar-refractivity contribution is -0.273. The summed E-state index contributed by atoms with van der Waals surface area (Å²) in [6, 6.07) is 10.4. The Kier molecular flexibility index (Phi) is 13.1. The van der Waals surface area contributed by atoms with E-state index in [0.29, 0.717) is 25.2 Å². The summed E-state index contributed by atoms with van der Waals surface area (Å²) in [6.07, 6.45) is 20.6. The van der Waals surface area contributed by atoms with Gasteiger partial charge in [0.15, 0.2) is 0 Å². The van der Waals surface area contributed by atoms with E-state index in [1.54, 1.807) is 6.08 Å². The number of aliphatic hydroxyl groups excluding tert-OH is 1. The molecule has 7 nitrogen and oxygen atoms in total. The van der Waals surface area contributed by atoms with Gasteiger partial charge in [0.05, 0.1) is 65.6 Å². The normalized spacial score (nSPS) is 42.5. The molecule has 292 valence electrons. The van der Waals surface area contributed by atoms with Crippen LogP contribution in [-0.4, -0.2) is 82.0 Å². The molecule has 5 aliphatic heterocycles. The maximum absolute atomic E-state index is 11.8. The zero-order valence-electron chi connectivity index (χ0n) is 33.1. The van der Waals surface area contributed by atoms with Crippen LogP contribution in [0, 0.1) is 5.92 Å². The van der Waals surface area contributed by atoms with E-state index in [1.807, 2.05) is 19.1 Å². The summed E-state index contributed by atoms with van der Waals surface area (Å²) in [7, 11) is 0. The summed E-state index contributed by atoms with van der Waals surface area (Å²) in [6.45, 7) is 16.5. The Bertz CT molecular complexity index is 1500. The summed E-state index contributed by atoms with van der Waals surface area (Å²) >= 11 is 0. The lowest BCUT2D eigenvalue weighted by Gasteiger charge is -2.49. The summed E-state index contributed by atoms with van der Waals surface area (Å²) in [5.74, 6) is 0.321. The van der Waals surface area contributed by atoms with Crippen LogP contribution < -0.4 is 0 Å². The van der Waals surface area contributed by atoms with Crippen molar-refractivity contribution in [1.82, 2.24) is 0 Å². The van der Waals surface area contributed by atoms with Crippen LogP contribution in [0.1, 0.15) is 118 Å². The quantitative estimate of drug-likeness (QED) is 0.233. The number of aliphatic hydroxyl groups is 2. The predicted molar refractivity (Wildman–Crippen MR) is 211 cm³/mol. The Morgan fingerprint density at radius 2 is 1.57 bits per heavy atom. The zero-order chi connectivity index (χ0) is 37.8. The van der Waals surface area contributed by atoms with Crippen LogP contribution in [0.3, 0.4) is 0 Å². The van der Waals surface area contributed by atoms with E-state index in [4.69, 9.17) is 23.7 Å². The van der Waals surface area contributed by atoms with Crippen molar-refractivity contribution >= 4 is 6.08 Å². The van der Waals surface area contributed by atoms with Gasteiger partial charge in [0.1, 0.15) is 6.10 Å². The van der Waals surface area contributed by atoms with Gasteiger partial charge < -0.3 is 33.9 Å². The fourth-order valence-electron chi connectivity index (χ4n) is 9.40. The van der Waals surface area contributed by atoms with Crippen molar-refractivity contribution in [3.63, 3.8) is 0 Å². The van der Waals surface area contributed by atoms with Gasteiger partial charge in [-0.1, -0.05) is 91.9 Å². The van der Waals surface area contributed by atoms with Gasteiger partial charge in [0.2, 0.25) is 0 Å². The van der Waals surface area contributed by atoms with Gasteiger partial charge in [-0.05, 0) is 109 Å². The Morgan fingerprint density at radius 1 is 0.849 bits per heavy atom. The highest BCUT2D eigenvalue weighted by Crippen LogP contribution is 2.49. The van der Waals surface area contributed by atoms with Gasteiger partial charge in [-0.15, -0.1) is 0 Å². The predicted octanol–water partition coefficient (Wildman–Crippen LogP) is 8.99. The first-order valence-electron chi connectivity index (χ1n) is 20.4. The average molecular weight is 731 g/mol. The van der Waals surface area contributed by atoms with Crippen LogP contribution in [0.4, 0.5) is 0 Å². The van der Waals surface area contributed by atoms with Gasteiger partial charge in [-0.25, -0.2) is 0 Å². The first kappa shape index (κ1) is 40.3. The fraction of sp³-hybridized carbons (Fsp3) is 0.652. The van der Waals surface area contributed by atoms with Crippen molar-refractivity contribution in [2.24, 2.45) is 5.92 Å². The Balaban J connectivity index is 1.08. The SMILES string of the molecule is C=C/C=C\CCC1OC2CCC3(C)OC4C(O)CC5(C)OC(CC/C=C(C)/C(C)=C/C=C\c6ccccc6)C(C)CC5OC4CC3OC2CCC1(C)O. The van der Waals surface area contributed by atoms with E-state index in [2.05, 4.69) is 95.8 Å². The van der Waals surface area contributed by atoms with Gasteiger partial charge in [-0.2, -0.15) is 0 Å². The zero-order valence-corrected chi connectivity index (χ0v) is 33.1. The average Bonchev–Trinajstić information content (AvgIpc) is 3.38. The molecule has 13 unspecified atom stereocenters. The molecule has 1 aromatic rings. The number of hydrogen-bond acceptors (Lipinski definition) is 7. The highest BCUT2D eigenvalue weighted by atomic mass is 16.6. The second kappa shape index (κ2) is 17.2. The Hall–Kier alpha value is -2.36. The summed E-state index contributed by atoms with van der Waals surface area (Å²) in [4.78, 5) is 0. The second-order valence-corrected chi connectivity index (χ2v) is 17.3. The molecule has 5 fully saturated rings. The van der Waals surface area contributed by atoms with Crippen LogP contribution >= 0.6 is 0 Å². The molecule has 53 heavy (non-hydrogen) atoms. The van der Waals surface area contributed by atoms with Crippen molar-refractivity contribution in [3.05, 3.63) is 90.1 Å². The third-order valence-corrected chi connectivity index (χ3v) is 13.0. The van der Waals surface area contributed by atoms with Gasteiger partial charge >= 0.3 is 0 Å². The first-order chi connectivity index (χ1) is 25.3. The molecule has 2 N–H and O–H groups in total. The molecule has 7 heteroatoms. The molecule has 5 saturated heterocycles. The number of allylic oxidation sites excluding steroid dienone is 8. The molecule has 0 aromatic heterocycles. The molecule has 6 rings (SSSR count). The monoisotopic (exact) mass is 730 g/mol. The van der Waals surface area contributed by atoms with E-state index < -0.39 is 29.0 Å². The van der Waals surface area contributed by atoms with Crippen LogP contribution in [-0.2, 0) is 23.7 Å². The van der Waals surface area contributed by atoms with E-state index in [9.17, 15) is 10.2 Å². The maximum atomic E-state index is 11.8. The van der Waals surface area contributed by atoms with Crippen molar-refractivity contribution in [3.8, 4) is 0 Å². The minimum atomic E-state index is -0.922. The molecule has 1 aromatic carbocycles. The number of benzene rings is 1. The molecule has 5 aliphatic rings. The summed E-state index contributed by atoms with van der Waals surface area (Å²) in [5.41, 5.74) is 1.62. The first-order valence-corrected chi connectivity index (χ1v) is 20.4. The minimum Gasteiger partial charge on any atom is -0.390 e. The largest absolute Gasteiger partial charge is 0.390 e. The van der Waals surface area contributed by atoms with E-state index >= 15 is 0 Å². The van der Waals surface area contributed by atoms with E-state index in [0.717, 1.165) is 51.4 Å². The molecular formula is C46H66O7. The lowest BCUT2D eigenvalue weighted by atomic mass is 9.79. The molecule has 13 atom stereocenters. The molecule has 5 heterocycles. The molecular weight excluding hydrogens is 664 g/mol. The highest BCUT2D eigenvalue weighted by molar-refractivity contribution is 5.51. The van der Waals surface area contributed by atoms with Crippen molar-refractivity contribution in [1.29, 1.82) is 0 Å². The van der Waals surface area contributed by atoms with Crippen LogP contribution in [0.25, 0.3) is 6.08 Å². The highest BCUT2D eigenvalue weighted by Gasteiger charge is 2.58. The number of hydrogen-bond donors (Lipinski definition) is 2. The molecule has 0 bridgehead atoms. The van der Waals surface area contributed by atoms with Crippen LogP contribution in [0.15, 0.2) is 84.5 Å². The van der Waals surface area contributed by atoms with Crippen LogP contribution in [0.5, 0.6) is 0 Å².